The number of hydrogen-bond donors (Lipinski definition) is 0. The van der Waals surface area contributed by atoms with Crippen LogP contribution in [0.15, 0.2) is 0 Å². The first-order chi connectivity index (χ1) is 9.62. The minimum Gasteiger partial charge on any atom is -0.468 e. The van der Waals surface area contributed by atoms with Crippen LogP contribution in [0.1, 0.15) is 6.42 Å². The Morgan fingerprint density at radius 2 is 1.62 bits per heavy atom. The molecule has 1 saturated heterocycles. The summed E-state index contributed by atoms with van der Waals surface area (Å²) >= 11 is 0. The highest BCUT2D eigenvalue weighted by Crippen LogP contribution is 2.22. The number of sulfone groups is 1. The summed E-state index contributed by atoms with van der Waals surface area (Å²) in [4.78, 5) is 22.6. The highest BCUT2D eigenvalue weighted by Gasteiger charge is 2.41. The van der Waals surface area contributed by atoms with Crippen molar-refractivity contribution in [1.29, 1.82) is 0 Å². The molecule has 0 amide bonds. The molecule has 122 valence electrons. The highest BCUT2D eigenvalue weighted by molar-refractivity contribution is 7.95. The van der Waals surface area contributed by atoms with Gasteiger partial charge in [-0.25, -0.2) is 16.8 Å². The van der Waals surface area contributed by atoms with Crippen molar-refractivity contribution in [3.05, 3.63) is 0 Å². The molecular formula is C10H17NO8S2. The molecular weight excluding hydrogens is 326 g/mol. The van der Waals surface area contributed by atoms with Crippen LogP contribution in [0.25, 0.3) is 0 Å². The number of nitrogens with zero attached hydrogens (tertiary/aromatic N) is 1. The summed E-state index contributed by atoms with van der Waals surface area (Å²) in [5.41, 5.74) is 0. The molecule has 1 aliphatic rings. The lowest BCUT2D eigenvalue weighted by atomic mass is 10.4. The molecule has 0 bridgehead atoms. The number of ether oxygens (including phenoxy) is 2. The van der Waals surface area contributed by atoms with Gasteiger partial charge in [-0.2, -0.15) is 4.31 Å². The van der Waals surface area contributed by atoms with Crippen molar-refractivity contribution < 1.29 is 35.9 Å². The van der Waals surface area contributed by atoms with Crippen LogP contribution >= 0.6 is 0 Å². The van der Waals surface area contributed by atoms with E-state index in [9.17, 15) is 26.4 Å². The third-order valence-electron chi connectivity index (χ3n) is 3.04. The Morgan fingerprint density at radius 1 is 1.14 bits per heavy atom. The normalized spacial score (nSPS) is 21.2. The molecule has 1 rings (SSSR count). The van der Waals surface area contributed by atoms with E-state index < -0.39 is 55.9 Å². The molecule has 0 saturated carbocycles. The molecule has 1 heterocycles. The second-order valence-electron chi connectivity index (χ2n) is 4.49. The third kappa shape index (κ3) is 4.64. The van der Waals surface area contributed by atoms with Gasteiger partial charge in [0.1, 0.15) is 13.1 Å². The van der Waals surface area contributed by atoms with Gasteiger partial charge in [0.2, 0.25) is 10.0 Å². The molecule has 21 heavy (non-hydrogen) atoms. The van der Waals surface area contributed by atoms with E-state index in [0.717, 1.165) is 14.2 Å². The van der Waals surface area contributed by atoms with Gasteiger partial charge in [-0.3, -0.25) is 9.59 Å². The van der Waals surface area contributed by atoms with Crippen molar-refractivity contribution in [2.75, 3.05) is 38.8 Å². The van der Waals surface area contributed by atoms with Crippen LogP contribution in [0.3, 0.4) is 0 Å². The number of carbonyl (C=O) groups excluding carboxylic acids is 2. The van der Waals surface area contributed by atoms with Gasteiger partial charge in [-0.15, -0.1) is 0 Å². The largest absolute Gasteiger partial charge is 0.468 e. The van der Waals surface area contributed by atoms with Gasteiger partial charge >= 0.3 is 11.9 Å². The lowest BCUT2D eigenvalue weighted by Gasteiger charge is -2.22. The van der Waals surface area contributed by atoms with Crippen LogP contribution in [0, 0.1) is 0 Å². The van der Waals surface area contributed by atoms with E-state index in [1.54, 1.807) is 0 Å². The first-order valence-corrected chi connectivity index (χ1v) is 9.28. The maximum atomic E-state index is 12.4. The van der Waals surface area contributed by atoms with E-state index in [1.165, 1.54) is 0 Å². The lowest BCUT2D eigenvalue weighted by molar-refractivity contribution is -0.143. The number of methoxy groups -OCH3 is 2. The molecule has 1 aliphatic heterocycles. The molecule has 0 aromatic rings. The summed E-state index contributed by atoms with van der Waals surface area (Å²) in [5.74, 6) is -2.47. The Bertz CT molecular complexity index is 591. The summed E-state index contributed by atoms with van der Waals surface area (Å²) < 4.78 is 56.9. The number of sulfonamides is 1. The molecule has 0 spiro atoms. The first kappa shape index (κ1) is 17.9. The van der Waals surface area contributed by atoms with Crippen molar-refractivity contribution in [2.45, 2.75) is 11.7 Å². The van der Waals surface area contributed by atoms with Gasteiger partial charge in [-0.1, -0.05) is 0 Å². The molecule has 9 nitrogen and oxygen atoms in total. The molecule has 0 aromatic heterocycles. The van der Waals surface area contributed by atoms with Crippen LogP contribution in [0.4, 0.5) is 0 Å². The first-order valence-electron chi connectivity index (χ1n) is 5.95. The number of esters is 2. The smallest absolute Gasteiger partial charge is 0.321 e. The molecule has 1 fully saturated rings. The van der Waals surface area contributed by atoms with E-state index >= 15 is 0 Å². The maximum absolute atomic E-state index is 12.4. The van der Waals surface area contributed by atoms with Gasteiger partial charge in [0.25, 0.3) is 0 Å². The van der Waals surface area contributed by atoms with Gasteiger partial charge in [-0.05, 0) is 6.42 Å². The minimum absolute atomic E-state index is 0.0660. The Hall–Kier alpha value is -1.20. The molecule has 0 aromatic carbocycles. The summed E-state index contributed by atoms with van der Waals surface area (Å²) in [6.07, 6.45) is -0.0660. The van der Waals surface area contributed by atoms with E-state index in [4.69, 9.17) is 0 Å². The topological polar surface area (TPSA) is 124 Å². The second-order valence-corrected chi connectivity index (χ2v) is 8.93. The van der Waals surface area contributed by atoms with E-state index in [0.29, 0.717) is 4.31 Å². The molecule has 0 aliphatic carbocycles. The summed E-state index contributed by atoms with van der Waals surface area (Å²) in [6.45, 7) is -1.35. The average molecular weight is 343 g/mol. The fourth-order valence-electron chi connectivity index (χ4n) is 1.86. The zero-order chi connectivity index (χ0) is 16.3. The van der Waals surface area contributed by atoms with Crippen molar-refractivity contribution in [3.63, 3.8) is 0 Å². The zero-order valence-electron chi connectivity index (χ0n) is 11.6. The Morgan fingerprint density at radius 3 is 1.95 bits per heavy atom. The van der Waals surface area contributed by atoms with Gasteiger partial charge < -0.3 is 9.47 Å². The lowest BCUT2D eigenvalue weighted by Crippen LogP contribution is -2.45. The van der Waals surface area contributed by atoms with E-state index in [1.807, 2.05) is 0 Å². The number of rotatable bonds is 6. The maximum Gasteiger partial charge on any atom is 0.321 e. The fourth-order valence-corrected chi connectivity index (χ4v) is 6.27. The predicted octanol–water partition coefficient (Wildman–Crippen LogP) is -1.85. The quantitative estimate of drug-likeness (QED) is 0.515. The third-order valence-corrected chi connectivity index (χ3v) is 7.24. The zero-order valence-corrected chi connectivity index (χ0v) is 13.3. The van der Waals surface area contributed by atoms with Gasteiger partial charge in [0.05, 0.1) is 31.0 Å². The molecule has 11 heteroatoms. The minimum atomic E-state index is -4.13. The Kier molecular flexibility index (Phi) is 5.70. The monoisotopic (exact) mass is 343 g/mol. The second kappa shape index (κ2) is 6.71. The summed E-state index contributed by atoms with van der Waals surface area (Å²) in [6, 6.07) is 0. The van der Waals surface area contributed by atoms with Crippen LogP contribution in [0.5, 0.6) is 0 Å². The van der Waals surface area contributed by atoms with Crippen molar-refractivity contribution in [2.24, 2.45) is 0 Å². The van der Waals surface area contributed by atoms with Crippen molar-refractivity contribution in [3.8, 4) is 0 Å². The van der Waals surface area contributed by atoms with Crippen molar-refractivity contribution >= 4 is 31.8 Å². The summed E-state index contributed by atoms with van der Waals surface area (Å²) in [5, 5.41) is -1.17. The number of hydrogen-bond acceptors (Lipinski definition) is 8. The van der Waals surface area contributed by atoms with E-state index in [-0.39, 0.29) is 12.2 Å². The predicted molar refractivity (Wildman–Crippen MR) is 71.6 cm³/mol. The number of carbonyl (C=O) groups is 2. The average Bonchev–Trinajstić information content (AvgIpc) is 2.78. The van der Waals surface area contributed by atoms with Crippen LogP contribution in [0.2, 0.25) is 0 Å². The van der Waals surface area contributed by atoms with Crippen molar-refractivity contribution in [1.82, 2.24) is 4.31 Å². The standard InChI is InChI=1S/C10H17NO8S2/c1-18-9(12)5-11(6-10(13)19-2)21(16,17)8-3-4-20(14,15)7-8/h8H,3-7H2,1-2H3. The Balaban J connectivity index is 2.99. The molecule has 1 unspecified atom stereocenters. The SMILES string of the molecule is COC(=O)CN(CC(=O)OC)S(=O)(=O)C1CCS(=O)(=O)C1. The van der Waals surface area contributed by atoms with Gasteiger partial charge in [0.15, 0.2) is 9.84 Å². The summed E-state index contributed by atoms with van der Waals surface area (Å²) in [7, 11) is -5.40. The van der Waals surface area contributed by atoms with E-state index in [2.05, 4.69) is 9.47 Å². The molecule has 0 radical (unpaired) electrons. The fraction of sp³-hybridized carbons (Fsp3) is 0.800. The van der Waals surface area contributed by atoms with Gasteiger partial charge in [0, 0.05) is 0 Å². The molecule has 1 atom stereocenters. The van der Waals surface area contributed by atoms with Crippen LogP contribution in [-0.2, 0) is 38.9 Å². The van der Waals surface area contributed by atoms with Crippen LogP contribution in [-0.4, -0.2) is 77.1 Å². The highest BCUT2D eigenvalue weighted by atomic mass is 32.2. The Labute approximate surface area is 123 Å². The van der Waals surface area contributed by atoms with Crippen LogP contribution < -0.4 is 0 Å². The molecule has 0 N–H and O–H groups in total.